The Morgan fingerprint density at radius 2 is 1.00 bits per heavy atom. The van der Waals surface area contributed by atoms with E-state index in [-0.39, 0.29) is 0 Å². The van der Waals surface area contributed by atoms with Crippen LogP contribution in [0.5, 0.6) is 0 Å². The van der Waals surface area contributed by atoms with Crippen LogP contribution in [-0.4, -0.2) is 38.4 Å². The summed E-state index contributed by atoms with van der Waals surface area (Å²) in [5.74, 6) is 0. The molecule has 1 rings (SSSR count). The lowest BCUT2D eigenvalue weighted by molar-refractivity contribution is 0.544. The average Bonchev–Trinajstić information content (AvgIpc) is 2.33. The van der Waals surface area contributed by atoms with Gasteiger partial charge in [0.05, 0.1) is 32.3 Å². The standard InChI is InChI=1S/C6H6Cl6.C4H9P/c7-1-2(8)4(10)6(12)5(11)3(1)9;1-2-3-4-5/h1-6H;2-3H,4-5H2,1H3/b;3-2+. The molecule has 0 heterocycles. The van der Waals surface area contributed by atoms with Gasteiger partial charge in [0.1, 0.15) is 0 Å². The summed E-state index contributed by atoms with van der Waals surface area (Å²) in [5.41, 5.74) is 0. The summed E-state index contributed by atoms with van der Waals surface area (Å²) in [7, 11) is 2.61. The van der Waals surface area contributed by atoms with Crippen LogP contribution in [0.1, 0.15) is 6.92 Å². The second-order valence-corrected chi connectivity index (χ2v) is 6.97. The summed E-state index contributed by atoms with van der Waals surface area (Å²) in [6, 6.07) is 0. The number of hydrogen-bond donors (Lipinski definition) is 0. The molecule has 0 nitrogen and oxygen atoms in total. The highest BCUT2D eigenvalue weighted by Gasteiger charge is 2.46. The van der Waals surface area contributed by atoms with Crippen LogP contribution in [0.3, 0.4) is 0 Å². The molecule has 0 aliphatic heterocycles. The fraction of sp³-hybridized carbons (Fsp3) is 0.800. The molecule has 102 valence electrons. The van der Waals surface area contributed by atoms with Crippen molar-refractivity contribution in [3.8, 4) is 0 Å². The monoisotopic (exact) mass is 376 g/mol. The topological polar surface area (TPSA) is 0 Å². The van der Waals surface area contributed by atoms with E-state index < -0.39 is 32.3 Å². The van der Waals surface area contributed by atoms with E-state index in [0.717, 1.165) is 6.16 Å². The molecule has 1 aliphatic carbocycles. The highest BCUT2D eigenvalue weighted by Crippen LogP contribution is 2.39. The van der Waals surface area contributed by atoms with E-state index in [4.69, 9.17) is 69.6 Å². The van der Waals surface area contributed by atoms with Crippen molar-refractivity contribution in [2.75, 3.05) is 6.16 Å². The van der Waals surface area contributed by atoms with Gasteiger partial charge in [-0.3, -0.25) is 0 Å². The van der Waals surface area contributed by atoms with Gasteiger partial charge in [-0.25, -0.2) is 0 Å². The molecule has 0 aromatic rings. The maximum absolute atomic E-state index is 5.88. The quantitative estimate of drug-likeness (QED) is 0.339. The summed E-state index contributed by atoms with van der Waals surface area (Å²) in [5, 5.41) is -2.62. The molecule has 0 N–H and O–H groups in total. The van der Waals surface area contributed by atoms with Crippen LogP contribution in [0.4, 0.5) is 0 Å². The summed E-state index contributed by atoms with van der Waals surface area (Å²) in [6.45, 7) is 2.02. The zero-order chi connectivity index (χ0) is 13.6. The summed E-state index contributed by atoms with van der Waals surface area (Å²) < 4.78 is 0. The predicted octanol–water partition coefficient (Wildman–Crippen LogP) is 5.08. The molecule has 0 saturated heterocycles. The van der Waals surface area contributed by atoms with E-state index in [1.54, 1.807) is 0 Å². The predicted molar refractivity (Wildman–Crippen MR) is 87.2 cm³/mol. The molecule has 0 aromatic heterocycles. The van der Waals surface area contributed by atoms with E-state index in [1.165, 1.54) is 0 Å². The minimum atomic E-state index is -0.437. The first kappa shape index (κ1) is 18.9. The Bertz CT molecular complexity index is 178. The molecular weight excluding hydrogens is 364 g/mol. The molecule has 0 bridgehead atoms. The Balaban J connectivity index is 0.000000437. The lowest BCUT2D eigenvalue weighted by atomic mass is 9.97. The SMILES string of the molecule is C/C=C/CP.ClC1C(Cl)C(Cl)C(Cl)C(Cl)C1Cl. The number of allylic oxidation sites excluding steroid dienone is 2. The number of alkyl halides is 6. The highest BCUT2D eigenvalue weighted by molar-refractivity contribution is 7.16. The minimum Gasteiger partial charge on any atom is -0.134 e. The maximum atomic E-state index is 5.88. The largest absolute Gasteiger partial charge is 0.134 e. The lowest BCUT2D eigenvalue weighted by Crippen LogP contribution is -2.52. The van der Waals surface area contributed by atoms with Gasteiger partial charge in [0, 0.05) is 0 Å². The normalized spacial score (nSPS) is 42.1. The number of rotatable bonds is 1. The summed E-state index contributed by atoms with van der Waals surface area (Å²) in [6.07, 6.45) is 5.20. The average molecular weight is 379 g/mol. The van der Waals surface area contributed by atoms with Gasteiger partial charge < -0.3 is 0 Å². The van der Waals surface area contributed by atoms with Crippen LogP contribution in [0.15, 0.2) is 12.2 Å². The fourth-order valence-electron chi connectivity index (χ4n) is 1.19. The molecule has 0 radical (unpaired) electrons. The van der Waals surface area contributed by atoms with Gasteiger partial charge in [-0.1, -0.05) is 12.2 Å². The summed E-state index contributed by atoms with van der Waals surface area (Å²) >= 11 is 35.3. The molecule has 1 aliphatic rings. The van der Waals surface area contributed by atoms with E-state index in [9.17, 15) is 0 Å². The van der Waals surface area contributed by atoms with Crippen LogP contribution in [-0.2, 0) is 0 Å². The third-order valence-corrected chi connectivity index (χ3v) is 6.50. The van der Waals surface area contributed by atoms with Gasteiger partial charge >= 0.3 is 0 Å². The third-order valence-electron chi connectivity index (χ3n) is 2.20. The maximum Gasteiger partial charge on any atom is 0.0693 e. The van der Waals surface area contributed by atoms with Crippen LogP contribution in [0.25, 0.3) is 0 Å². The fourth-order valence-corrected chi connectivity index (χ4v) is 3.79. The Labute approximate surface area is 135 Å². The number of halogens is 6. The van der Waals surface area contributed by atoms with Gasteiger partial charge in [0.2, 0.25) is 0 Å². The minimum absolute atomic E-state index is 0.437. The van der Waals surface area contributed by atoms with E-state index in [1.807, 2.05) is 13.0 Å². The van der Waals surface area contributed by atoms with Crippen molar-refractivity contribution >= 4 is 78.8 Å². The molecular formula is C10H15Cl6P. The molecule has 1 unspecified atom stereocenters. The third kappa shape index (κ3) is 5.82. The molecule has 0 amide bonds. The van der Waals surface area contributed by atoms with Crippen molar-refractivity contribution < 1.29 is 0 Å². The molecule has 1 atom stereocenters. The van der Waals surface area contributed by atoms with Gasteiger partial charge in [0.25, 0.3) is 0 Å². The van der Waals surface area contributed by atoms with Crippen LogP contribution < -0.4 is 0 Å². The second kappa shape index (κ2) is 9.76. The van der Waals surface area contributed by atoms with Crippen LogP contribution in [0, 0.1) is 0 Å². The zero-order valence-electron chi connectivity index (χ0n) is 9.17. The van der Waals surface area contributed by atoms with Crippen molar-refractivity contribution in [3.63, 3.8) is 0 Å². The zero-order valence-corrected chi connectivity index (χ0v) is 14.9. The highest BCUT2D eigenvalue weighted by atomic mass is 35.5. The first-order chi connectivity index (χ1) is 7.88. The first-order valence-corrected chi connectivity index (χ1v) is 8.47. The Morgan fingerprint density at radius 3 is 1.06 bits per heavy atom. The molecule has 1 saturated carbocycles. The second-order valence-electron chi connectivity index (χ2n) is 3.47. The summed E-state index contributed by atoms with van der Waals surface area (Å²) in [4.78, 5) is 0. The lowest BCUT2D eigenvalue weighted by Gasteiger charge is -2.37. The van der Waals surface area contributed by atoms with Gasteiger partial charge in [-0.05, 0) is 13.1 Å². The van der Waals surface area contributed by atoms with Crippen molar-refractivity contribution in [2.45, 2.75) is 39.2 Å². The first-order valence-electron chi connectivity index (χ1n) is 5.04. The molecule has 17 heavy (non-hydrogen) atoms. The van der Waals surface area contributed by atoms with E-state index in [0.29, 0.717) is 0 Å². The van der Waals surface area contributed by atoms with Crippen molar-refractivity contribution in [3.05, 3.63) is 12.2 Å². The molecule has 7 heteroatoms. The van der Waals surface area contributed by atoms with Gasteiger partial charge in [0.15, 0.2) is 0 Å². The van der Waals surface area contributed by atoms with Crippen molar-refractivity contribution in [2.24, 2.45) is 0 Å². The van der Waals surface area contributed by atoms with Crippen LogP contribution >= 0.6 is 78.8 Å². The van der Waals surface area contributed by atoms with Crippen LogP contribution in [0.2, 0.25) is 0 Å². The number of hydrogen-bond acceptors (Lipinski definition) is 0. The van der Waals surface area contributed by atoms with E-state index in [2.05, 4.69) is 15.3 Å². The molecule has 1 fully saturated rings. The molecule has 0 spiro atoms. The van der Waals surface area contributed by atoms with Gasteiger partial charge in [-0.2, -0.15) is 0 Å². The Kier molecular flexibility index (Phi) is 10.9. The van der Waals surface area contributed by atoms with Crippen molar-refractivity contribution in [1.82, 2.24) is 0 Å². The van der Waals surface area contributed by atoms with E-state index >= 15 is 0 Å². The molecule has 0 aromatic carbocycles. The van der Waals surface area contributed by atoms with Crippen molar-refractivity contribution in [1.29, 1.82) is 0 Å². The smallest absolute Gasteiger partial charge is 0.0693 e. The van der Waals surface area contributed by atoms with Gasteiger partial charge in [-0.15, -0.1) is 78.8 Å². The Morgan fingerprint density at radius 1 is 0.765 bits per heavy atom. The Hall–Kier alpha value is 1.91.